The highest BCUT2D eigenvalue weighted by molar-refractivity contribution is 5.94. The normalized spacial score (nSPS) is 11.3. The summed E-state index contributed by atoms with van der Waals surface area (Å²) in [6.45, 7) is 6.91. The number of rotatable bonds is 4. The minimum Gasteiger partial charge on any atom is -0.463 e. The Morgan fingerprint density at radius 2 is 1.88 bits per heavy atom. The van der Waals surface area contributed by atoms with Gasteiger partial charge in [-0.3, -0.25) is 9.78 Å². The standard InChI is InChI=1S/C21H22N2O2/c1-21(2,3)17-8-6-16(7-9-17)20(24)23-14-15-10-11-22-18(13-15)19-5-4-12-25-19/h4-13H,14H2,1-3H3,(H,23,24). The quantitative estimate of drug-likeness (QED) is 0.760. The fraction of sp³-hybridized carbons (Fsp3) is 0.238. The SMILES string of the molecule is CC(C)(C)c1ccc(C(=O)NCc2ccnc(-c3ccco3)c2)cc1. The van der Waals surface area contributed by atoms with E-state index in [-0.39, 0.29) is 11.3 Å². The van der Waals surface area contributed by atoms with Gasteiger partial charge in [0.25, 0.3) is 5.91 Å². The summed E-state index contributed by atoms with van der Waals surface area (Å²) in [6.07, 6.45) is 3.34. The van der Waals surface area contributed by atoms with Crippen molar-refractivity contribution in [3.63, 3.8) is 0 Å². The van der Waals surface area contributed by atoms with Crippen LogP contribution in [0.5, 0.6) is 0 Å². The van der Waals surface area contributed by atoms with Gasteiger partial charge in [0.1, 0.15) is 5.69 Å². The minimum atomic E-state index is -0.0863. The molecule has 0 fully saturated rings. The molecule has 0 aliphatic heterocycles. The zero-order chi connectivity index (χ0) is 17.9. The zero-order valence-corrected chi connectivity index (χ0v) is 14.7. The molecule has 1 N–H and O–H groups in total. The van der Waals surface area contributed by atoms with Crippen LogP contribution in [0.1, 0.15) is 42.3 Å². The van der Waals surface area contributed by atoms with E-state index in [0.29, 0.717) is 17.9 Å². The molecule has 2 aromatic heterocycles. The van der Waals surface area contributed by atoms with Gasteiger partial charge in [-0.05, 0) is 52.9 Å². The van der Waals surface area contributed by atoms with Crippen LogP contribution in [-0.4, -0.2) is 10.9 Å². The maximum Gasteiger partial charge on any atom is 0.251 e. The van der Waals surface area contributed by atoms with E-state index in [2.05, 4.69) is 31.1 Å². The van der Waals surface area contributed by atoms with Gasteiger partial charge in [-0.25, -0.2) is 0 Å². The molecule has 3 rings (SSSR count). The van der Waals surface area contributed by atoms with Gasteiger partial charge in [0.15, 0.2) is 5.76 Å². The van der Waals surface area contributed by atoms with E-state index in [1.807, 2.05) is 48.5 Å². The molecule has 128 valence electrons. The third-order valence-electron chi connectivity index (χ3n) is 4.06. The number of aromatic nitrogens is 1. The van der Waals surface area contributed by atoms with Crippen LogP contribution in [0, 0.1) is 0 Å². The molecule has 25 heavy (non-hydrogen) atoms. The molecule has 3 aromatic rings. The summed E-state index contributed by atoms with van der Waals surface area (Å²) < 4.78 is 5.36. The highest BCUT2D eigenvalue weighted by Crippen LogP contribution is 2.22. The number of carbonyl (C=O) groups excluding carboxylic acids is 1. The Labute approximate surface area is 147 Å². The molecule has 0 bridgehead atoms. The van der Waals surface area contributed by atoms with E-state index < -0.39 is 0 Å². The lowest BCUT2D eigenvalue weighted by atomic mass is 9.87. The number of benzene rings is 1. The largest absolute Gasteiger partial charge is 0.463 e. The number of carbonyl (C=O) groups is 1. The van der Waals surface area contributed by atoms with Gasteiger partial charge in [-0.15, -0.1) is 0 Å². The van der Waals surface area contributed by atoms with Crippen molar-refractivity contribution in [3.05, 3.63) is 77.7 Å². The monoisotopic (exact) mass is 334 g/mol. The molecule has 1 aromatic carbocycles. The Kier molecular flexibility index (Phi) is 4.70. The predicted octanol–water partition coefficient (Wildman–Crippen LogP) is 4.57. The summed E-state index contributed by atoms with van der Waals surface area (Å²) in [5.74, 6) is 0.628. The Morgan fingerprint density at radius 1 is 1.12 bits per heavy atom. The highest BCUT2D eigenvalue weighted by Gasteiger charge is 2.14. The summed E-state index contributed by atoms with van der Waals surface area (Å²) in [7, 11) is 0. The molecule has 1 amide bonds. The predicted molar refractivity (Wildman–Crippen MR) is 98.3 cm³/mol. The fourth-order valence-electron chi connectivity index (χ4n) is 2.55. The first-order chi connectivity index (χ1) is 11.9. The van der Waals surface area contributed by atoms with Crippen molar-refractivity contribution in [1.82, 2.24) is 10.3 Å². The molecule has 4 nitrogen and oxygen atoms in total. The molecule has 0 saturated heterocycles. The number of hydrogen-bond donors (Lipinski definition) is 1. The molecule has 0 unspecified atom stereocenters. The van der Waals surface area contributed by atoms with Crippen molar-refractivity contribution in [3.8, 4) is 11.5 Å². The van der Waals surface area contributed by atoms with E-state index in [4.69, 9.17) is 4.42 Å². The second-order valence-corrected chi connectivity index (χ2v) is 7.04. The minimum absolute atomic E-state index is 0.0777. The fourth-order valence-corrected chi connectivity index (χ4v) is 2.55. The highest BCUT2D eigenvalue weighted by atomic mass is 16.3. The lowest BCUT2D eigenvalue weighted by Crippen LogP contribution is -2.23. The van der Waals surface area contributed by atoms with Crippen molar-refractivity contribution in [2.24, 2.45) is 0 Å². The van der Waals surface area contributed by atoms with E-state index >= 15 is 0 Å². The first kappa shape index (κ1) is 17.0. The van der Waals surface area contributed by atoms with Crippen LogP contribution >= 0.6 is 0 Å². The summed E-state index contributed by atoms with van der Waals surface area (Å²) in [5, 5.41) is 2.95. The van der Waals surface area contributed by atoms with Crippen LogP contribution in [0.25, 0.3) is 11.5 Å². The summed E-state index contributed by atoms with van der Waals surface area (Å²) in [4.78, 5) is 16.6. The van der Waals surface area contributed by atoms with Crippen molar-refractivity contribution < 1.29 is 9.21 Å². The summed E-state index contributed by atoms with van der Waals surface area (Å²) in [6, 6.07) is 15.3. The topological polar surface area (TPSA) is 55.1 Å². The van der Waals surface area contributed by atoms with Crippen LogP contribution in [0.15, 0.2) is 65.4 Å². The van der Waals surface area contributed by atoms with E-state index in [9.17, 15) is 4.79 Å². The van der Waals surface area contributed by atoms with E-state index in [1.54, 1.807) is 12.5 Å². The Bertz CT molecular complexity index is 844. The molecule has 0 atom stereocenters. The maximum absolute atomic E-state index is 12.3. The second-order valence-electron chi connectivity index (χ2n) is 7.04. The maximum atomic E-state index is 12.3. The molecule has 0 radical (unpaired) electrons. The van der Waals surface area contributed by atoms with Gasteiger partial charge < -0.3 is 9.73 Å². The lowest BCUT2D eigenvalue weighted by molar-refractivity contribution is 0.0951. The number of pyridine rings is 1. The number of nitrogens with one attached hydrogen (secondary N) is 1. The zero-order valence-electron chi connectivity index (χ0n) is 14.7. The average molecular weight is 334 g/mol. The number of hydrogen-bond acceptors (Lipinski definition) is 3. The van der Waals surface area contributed by atoms with Crippen molar-refractivity contribution in [2.45, 2.75) is 32.7 Å². The first-order valence-corrected chi connectivity index (χ1v) is 8.31. The number of furan rings is 1. The average Bonchev–Trinajstić information content (AvgIpc) is 3.14. The molecule has 0 saturated carbocycles. The van der Waals surface area contributed by atoms with Crippen molar-refractivity contribution >= 4 is 5.91 Å². The molecule has 4 heteroatoms. The van der Waals surface area contributed by atoms with Crippen LogP contribution < -0.4 is 5.32 Å². The Morgan fingerprint density at radius 3 is 2.52 bits per heavy atom. The smallest absolute Gasteiger partial charge is 0.251 e. The van der Waals surface area contributed by atoms with E-state index in [0.717, 1.165) is 11.3 Å². The second kappa shape index (κ2) is 6.93. The molecular formula is C21H22N2O2. The lowest BCUT2D eigenvalue weighted by Gasteiger charge is -2.19. The molecule has 2 heterocycles. The van der Waals surface area contributed by atoms with Gasteiger partial charge in [0, 0.05) is 18.3 Å². The third-order valence-corrected chi connectivity index (χ3v) is 4.06. The first-order valence-electron chi connectivity index (χ1n) is 8.31. The summed E-state index contributed by atoms with van der Waals surface area (Å²) >= 11 is 0. The van der Waals surface area contributed by atoms with Gasteiger partial charge in [0.05, 0.1) is 6.26 Å². The Hall–Kier alpha value is -2.88. The van der Waals surface area contributed by atoms with Crippen molar-refractivity contribution in [1.29, 1.82) is 0 Å². The molecular weight excluding hydrogens is 312 g/mol. The van der Waals surface area contributed by atoms with Gasteiger partial charge >= 0.3 is 0 Å². The third kappa shape index (κ3) is 4.15. The van der Waals surface area contributed by atoms with Gasteiger partial charge in [-0.2, -0.15) is 0 Å². The van der Waals surface area contributed by atoms with Gasteiger partial charge in [0.2, 0.25) is 0 Å². The van der Waals surface area contributed by atoms with Crippen LogP contribution in [0.4, 0.5) is 0 Å². The Balaban J connectivity index is 1.65. The van der Waals surface area contributed by atoms with Crippen LogP contribution in [0.2, 0.25) is 0 Å². The molecule has 0 spiro atoms. The van der Waals surface area contributed by atoms with E-state index in [1.165, 1.54) is 5.56 Å². The number of amides is 1. The van der Waals surface area contributed by atoms with Crippen molar-refractivity contribution in [2.75, 3.05) is 0 Å². The summed E-state index contributed by atoms with van der Waals surface area (Å²) in [5.41, 5.74) is 3.68. The van der Waals surface area contributed by atoms with Crippen LogP contribution in [0.3, 0.4) is 0 Å². The molecule has 0 aliphatic carbocycles. The van der Waals surface area contributed by atoms with Gasteiger partial charge in [-0.1, -0.05) is 32.9 Å². The van der Waals surface area contributed by atoms with Crippen LogP contribution in [-0.2, 0) is 12.0 Å². The molecule has 0 aliphatic rings. The number of nitrogens with zero attached hydrogens (tertiary/aromatic N) is 1.